The summed E-state index contributed by atoms with van der Waals surface area (Å²) in [6, 6.07) is 18.5. The summed E-state index contributed by atoms with van der Waals surface area (Å²) in [7, 11) is 4.64. The van der Waals surface area contributed by atoms with Crippen LogP contribution < -0.4 is 29.9 Å². The van der Waals surface area contributed by atoms with E-state index in [9.17, 15) is 4.79 Å². The minimum absolute atomic E-state index is 0.219. The Morgan fingerprint density at radius 3 is 2.24 bits per heavy atom. The van der Waals surface area contributed by atoms with Gasteiger partial charge in [-0.25, -0.2) is 9.66 Å². The van der Waals surface area contributed by atoms with E-state index in [-0.39, 0.29) is 5.56 Å². The Hall–Kier alpha value is -4.20. The number of benzene rings is 3. The molecule has 0 fully saturated rings. The number of rotatable bonds is 9. The lowest BCUT2D eigenvalue weighted by atomic mass is 10.1. The second kappa shape index (κ2) is 10.2. The lowest BCUT2D eigenvalue weighted by molar-refractivity contribution is 0.324. The molecule has 3 aromatic carbocycles. The van der Waals surface area contributed by atoms with Crippen LogP contribution in [0.15, 0.2) is 65.5 Å². The highest BCUT2D eigenvalue weighted by molar-refractivity contribution is 5.80. The zero-order chi connectivity index (χ0) is 24.1. The van der Waals surface area contributed by atoms with Crippen molar-refractivity contribution in [2.45, 2.75) is 13.5 Å². The van der Waals surface area contributed by atoms with Gasteiger partial charge in [-0.05, 0) is 37.3 Å². The molecule has 0 radical (unpaired) electrons. The molecule has 1 N–H and O–H groups in total. The van der Waals surface area contributed by atoms with E-state index in [0.29, 0.717) is 52.7 Å². The van der Waals surface area contributed by atoms with Gasteiger partial charge < -0.3 is 24.4 Å². The predicted molar refractivity (Wildman–Crippen MR) is 132 cm³/mol. The number of hydrogen-bond donors (Lipinski definition) is 1. The molecule has 0 saturated heterocycles. The van der Waals surface area contributed by atoms with Crippen molar-refractivity contribution < 1.29 is 18.9 Å². The molecule has 0 spiro atoms. The summed E-state index contributed by atoms with van der Waals surface area (Å²) in [6.45, 7) is 2.84. The summed E-state index contributed by atoms with van der Waals surface area (Å²) < 4.78 is 23.7. The molecule has 0 atom stereocenters. The van der Waals surface area contributed by atoms with Gasteiger partial charge in [-0.2, -0.15) is 0 Å². The standard InChI is InChI=1S/C26H27N3O5/c1-5-34-21-13-9-6-10-17(21)16-27-29-25(28-20-12-8-7-11-19(20)26(29)30)18-14-22(31-2)24(33-4)23(15-18)32-3/h6-15,27H,5,16H2,1-4H3. The van der Waals surface area contributed by atoms with Crippen molar-refractivity contribution in [3.8, 4) is 34.4 Å². The summed E-state index contributed by atoms with van der Waals surface area (Å²) in [4.78, 5) is 18.3. The maximum atomic E-state index is 13.5. The maximum absolute atomic E-state index is 13.5. The van der Waals surface area contributed by atoms with Crippen molar-refractivity contribution >= 4 is 10.9 Å². The Kier molecular flexibility index (Phi) is 6.87. The summed E-state index contributed by atoms with van der Waals surface area (Å²) in [6.07, 6.45) is 0. The topological polar surface area (TPSA) is 83.8 Å². The van der Waals surface area contributed by atoms with E-state index in [1.54, 1.807) is 39.5 Å². The van der Waals surface area contributed by atoms with Gasteiger partial charge in [0.1, 0.15) is 5.75 Å². The van der Waals surface area contributed by atoms with E-state index in [0.717, 1.165) is 11.3 Å². The van der Waals surface area contributed by atoms with Crippen LogP contribution >= 0.6 is 0 Å². The highest BCUT2D eigenvalue weighted by atomic mass is 16.5. The van der Waals surface area contributed by atoms with Crippen molar-refractivity contribution in [1.29, 1.82) is 0 Å². The van der Waals surface area contributed by atoms with Gasteiger partial charge in [0, 0.05) is 11.1 Å². The number of nitrogens with one attached hydrogen (secondary N) is 1. The largest absolute Gasteiger partial charge is 0.494 e. The van der Waals surface area contributed by atoms with E-state index in [1.807, 2.05) is 49.4 Å². The molecular formula is C26H27N3O5. The summed E-state index contributed by atoms with van der Waals surface area (Å²) in [5.74, 6) is 2.56. The van der Waals surface area contributed by atoms with Crippen LogP contribution in [0.5, 0.6) is 23.0 Å². The van der Waals surface area contributed by atoms with Gasteiger partial charge in [0.25, 0.3) is 5.56 Å². The molecule has 8 heteroatoms. The minimum Gasteiger partial charge on any atom is -0.494 e. The Bertz CT molecular complexity index is 1340. The van der Waals surface area contributed by atoms with Crippen molar-refractivity contribution in [2.75, 3.05) is 33.4 Å². The van der Waals surface area contributed by atoms with Crippen molar-refractivity contribution in [3.05, 3.63) is 76.6 Å². The molecule has 0 unspecified atom stereocenters. The number of nitrogens with zero attached hydrogens (tertiary/aromatic N) is 2. The fourth-order valence-electron chi connectivity index (χ4n) is 3.79. The first-order valence-electron chi connectivity index (χ1n) is 10.9. The molecule has 0 amide bonds. The van der Waals surface area contributed by atoms with Gasteiger partial charge >= 0.3 is 0 Å². The van der Waals surface area contributed by atoms with E-state index >= 15 is 0 Å². The fraction of sp³-hybridized carbons (Fsp3) is 0.231. The fourth-order valence-corrected chi connectivity index (χ4v) is 3.79. The van der Waals surface area contributed by atoms with Crippen LogP contribution in [0.25, 0.3) is 22.3 Å². The third-order valence-corrected chi connectivity index (χ3v) is 5.40. The zero-order valence-electron chi connectivity index (χ0n) is 19.6. The summed E-state index contributed by atoms with van der Waals surface area (Å²) >= 11 is 0. The molecule has 4 aromatic rings. The lowest BCUT2D eigenvalue weighted by Crippen LogP contribution is -2.31. The van der Waals surface area contributed by atoms with Crippen molar-refractivity contribution in [3.63, 3.8) is 0 Å². The van der Waals surface area contributed by atoms with E-state index < -0.39 is 0 Å². The molecule has 0 aliphatic carbocycles. The van der Waals surface area contributed by atoms with E-state index in [2.05, 4.69) is 5.43 Å². The van der Waals surface area contributed by atoms with Crippen molar-refractivity contribution in [1.82, 2.24) is 9.66 Å². The predicted octanol–water partition coefficient (Wildman–Crippen LogP) is 4.23. The number of ether oxygens (including phenoxy) is 4. The monoisotopic (exact) mass is 461 g/mol. The molecular weight excluding hydrogens is 434 g/mol. The first-order chi connectivity index (χ1) is 16.6. The van der Waals surface area contributed by atoms with Crippen LogP contribution in [0.1, 0.15) is 12.5 Å². The Labute approximate surface area is 197 Å². The average Bonchev–Trinajstić information content (AvgIpc) is 2.88. The summed E-state index contributed by atoms with van der Waals surface area (Å²) in [5.41, 5.74) is 5.15. The van der Waals surface area contributed by atoms with Crippen LogP contribution in [0.4, 0.5) is 0 Å². The van der Waals surface area contributed by atoms with Crippen LogP contribution in [-0.4, -0.2) is 37.6 Å². The van der Waals surface area contributed by atoms with Crippen LogP contribution in [0, 0.1) is 0 Å². The molecule has 4 rings (SSSR count). The molecule has 176 valence electrons. The van der Waals surface area contributed by atoms with Gasteiger partial charge in [-0.15, -0.1) is 0 Å². The molecule has 34 heavy (non-hydrogen) atoms. The zero-order valence-corrected chi connectivity index (χ0v) is 19.6. The maximum Gasteiger partial charge on any atom is 0.280 e. The van der Waals surface area contributed by atoms with Crippen molar-refractivity contribution in [2.24, 2.45) is 0 Å². The van der Waals surface area contributed by atoms with Crippen LogP contribution in [0.3, 0.4) is 0 Å². The molecule has 1 heterocycles. The Morgan fingerprint density at radius 2 is 1.56 bits per heavy atom. The van der Waals surface area contributed by atoms with E-state index in [1.165, 1.54) is 4.68 Å². The third kappa shape index (κ3) is 4.34. The number of methoxy groups -OCH3 is 3. The minimum atomic E-state index is -0.219. The first kappa shape index (κ1) is 23.0. The van der Waals surface area contributed by atoms with Crippen LogP contribution in [0.2, 0.25) is 0 Å². The number of aromatic nitrogens is 2. The Balaban J connectivity index is 1.88. The molecule has 0 saturated carbocycles. The third-order valence-electron chi connectivity index (χ3n) is 5.40. The molecule has 0 aliphatic heterocycles. The Morgan fingerprint density at radius 1 is 0.882 bits per heavy atom. The number of fused-ring (bicyclic) bond motifs is 1. The highest BCUT2D eigenvalue weighted by Crippen LogP contribution is 2.40. The van der Waals surface area contributed by atoms with Gasteiger partial charge in [0.2, 0.25) is 5.75 Å². The highest BCUT2D eigenvalue weighted by Gasteiger charge is 2.19. The molecule has 0 bridgehead atoms. The second-order valence-corrected chi connectivity index (χ2v) is 7.38. The molecule has 0 aliphatic rings. The normalized spacial score (nSPS) is 10.7. The van der Waals surface area contributed by atoms with Gasteiger partial charge in [-0.1, -0.05) is 30.3 Å². The smallest absolute Gasteiger partial charge is 0.280 e. The van der Waals surface area contributed by atoms with E-state index in [4.69, 9.17) is 23.9 Å². The summed E-state index contributed by atoms with van der Waals surface area (Å²) in [5, 5.41) is 0.504. The van der Waals surface area contributed by atoms with Crippen LogP contribution in [-0.2, 0) is 6.54 Å². The van der Waals surface area contributed by atoms with Gasteiger partial charge in [0.15, 0.2) is 17.3 Å². The van der Waals surface area contributed by atoms with Gasteiger partial charge in [0.05, 0.1) is 45.4 Å². The quantitative estimate of drug-likeness (QED) is 0.399. The number of para-hydroxylation sites is 2. The second-order valence-electron chi connectivity index (χ2n) is 7.38. The first-order valence-corrected chi connectivity index (χ1v) is 10.9. The SMILES string of the molecule is CCOc1ccccc1CNn1c(-c2cc(OC)c(OC)c(OC)c2)nc2ccccc2c1=O. The molecule has 1 aromatic heterocycles. The van der Waals surface area contributed by atoms with Gasteiger partial charge in [-0.3, -0.25) is 4.79 Å². The molecule has 8 nitrogen and oxygen atoms in total. The average molecular weight is 462 g/mol. The number of hydrogen-bond acceptors (Lipinski definition) is 7. The lowest BCUT2D eigenvalue weighted by Gasteiger charge is -2.19.